The van der Waals surface area contributed by atoms with E-state index in [0.717, 1.165) is 17.3 Å². The zero-order chi connectivity index (χ0) is 9.68. The molecule has 0 aliphatic carbocycles. The smallest absolute Gasteiger partial charge is 0.427 e. The molecule has 0 fully saturated rings. The van der Waals surface area contributed by atoms with Gasteiger partial charge >= 0.3 is 7.12 Å². The average Bonchev–Trinajstić information content (AvgIpc) is 2.08. The van der Waals surface area contributed by atoms with Crippen molar-refractivity contribution in [2.45, 2.75) is 19.2 Å². The van der Waals surface area contributed by atoms with Gasteiger partial charge in [0.2, 0.25) is 0 Å². The zero-order valence-electron chi connectivity index (χ0n) is 7.28. The molecule has 2 N–H and O–H groups in total. The van der Waals surface area contributed by atoms with Gasteiger partial charge in [-0.15, -0.1) is 0 Å². The van der Waals surface area contributed by atoms with Gasteiger partial charge in [0.25, 0.3) is 0 Å². The predicted octanol–water partition coefficient (Wildman–Crippen LogP) is 1.85. The molecule has 0 unspecified atom stereocenters. The minimum absolute atomic E-state index is 0.441. The fourth-order valence-electron chi connectivity index (χ4n) is 1.14. The molecule has 4 heteroatoms. The third-order valence-electron chi connectivity index (χ3n) is 1.84. The van der Waals surface area contributed by atoms with Crippen LogP contribution in [0.1, 0.15) is 12.0 Å². The predicted molar refractivity (Wildman–Crippen MR) is 57.5 cm³/mol. The monoisotopic (exact) mass is 242 g/mol. The van der Waals surface area contributed by atoms with Crippen LogP contribution in [0.5, 0.6) is 0 Å². The van der Waals surface area contributed by atoms with Crippen LogP contribution in [0.15, 0.2) is 28.7 Å². The van der Waals surface area contributed by atoms with E-state index < -0.39 is 7.12 Å². The van der Waals surface area contributed by atoms with E-state index in [9.17, 15) is 0 Å². The molecule has 13 heavy (non-hydrogen) atoms. The van der Waals surface area contributed by atoms with E-state index in [1.807, 2.05) is 24.3 Å². The Bertz CT molecular complexity index is 248. The second kappa shape index (κ2) is 5.42. The molecule has 0 aromatic heterocycles. The summed E-state index contributed by atoms with van der Waals surface area (Å²) in [6.07, 6.45) is 2.14. The van der Waals surface area contributed by atoms with Gasteiger partial charge in [-0.1, -0.05) is 34.5 Å². The minimum Gasteiger partial charge on any atom is -0.427 e. The summed E-state index contributed by atoms with van der Waals surface area (Å²) >= 11 is 3.36. The van der Waals surface area contributed by atoms with Gasteiger partial charge in [-0.05, 0) is 30.4 Å². The summed E-state index contributed by atoms with van der Waals surface area (Å²) in [6.45, 7) is 0. The fourth-order valence-corrected chi connectivity index (χ4v) is 1.40. The van der Waals surface area contributed by atoms with E-state index in [1.165, 1.54) is 5.56 Å². The number of benzene rings is 1. The highest BCUT2D eigenvalue weighted by atomic mass is 79.9. The van der Waals surface area contributed by atoms with E-state index in [2.05, 4.69) is 15.9 Å². The summed E-state index contributed by atoms with van der Waals surface area (Å²) in [5.41, 5.74) is 1.23. The van der Waals surface area contributed by atoms with Gasteiger partial charge in [-0.3, -0.25) is 0 Å². The van der Waals surface area contributed by atoms with Gasteiger partial charge in [0, 0.05) is 4.47 Å². The van der Waals surface area contributed by atoms with E-state index >= 15 is 0 Å². The maximum absolute atomic E-state index is 8.62. The normalized spacial score (nSPS) is 10.1. The van der Waals surface area contributed by atoms with Crippen molar-refractivity contribution in [2.75, 3.05) is 0 Å². The Balaban J connectivity index is 2.33. The summed E-state index contributed by atoms with van der Waals surface area (Å²) in [4.78, 5) is 0. The average molecular weight is 243 g/mol. The Labute approximate surface area is 86.9 Å². The molecule has 0 saturated heterocycles. The number of halogens is 1. The molecule has 0 spiro atoms. The number of hydrogen-bond donors (Lipinski definition) is 2. The van der Waals surface area contributed by atoms with Crippen molar-refractivity contribution in [1.82, 2.24) is 0 Å². The quantitative estimate of drug-likeness (QED) is 0.792. The van der Waals surface area contributed by atoms with Crippen LogP contribution in [0.25, 0.3) is 0 Å². The third-order valence-corrected chi connectivity index (χ3v) is 2.37. The van der Waals surface area contributed by atoms with Crippen LogP contribution >= 0.6 is 15.9 Å². The van der Waals surface area contributed by atoms with Crippen LogP contribution in [0.2, 0.25) is 6.32 Å². The fraction of sp³-hybridized carbons (Fsp3) is 0.333. The minimum atomic E-state index is -1.17. The Morgan fingerprint density at radius 2 is 1.77 bits per heavy atom. The zero-order valence-corrected chi connectivity index (χ0v) is 8.87. The second-order valence-corrected chi connectivity index (χ2v) is 3.91. The molecule has 0 amide bonds. The summed E-state index contributed by atoms with van der Waals surface area (Å²) < 4.78 is 1.07. The van der Waals surface area contributed by atoms with Gasteiger partial charge in [0.15, 0.2) is 0 Å². The largest absolute Gasteiger partial charge is 0.451 e. The molecule has 1 aromatic carbocycles. The number of hydrogen-bond acceptors (Lipinski definition) is 2. The van der Waals surface area contributed by atoms with Crippen LogP contribution in [0, 0.1) is 0 Å². The molecule has 1 aromatic rings. The van der Waals surface area contributed by atoms with Gasteiger partial charge in [-0.2, -0.15) is 0 Å². The van der Waals surface area contributed by atoms with Crippen LogP contribution < -0.4 is 0 Å². The molecule has 0 radical (unpaired) electrons. The van der Waals surface area contributed by atoms with E-state index in [1.54, 1.807) is 0 Å². The van der Waals surface area contributed by atoms with E-state index in [4.69, 9.17) is 10.0 Å². The lowest BCUT2D eigenvalue weighted by atomic mass is 9.83. The van der Waals surface area contributed by atoms with Crippen LogP contribution in [0.4, 0.5) is 0 Å². The molecule has 0 heterocycles. The van der Waals surface area contributed by atoms with Crippen LogP contribution in [-0.2, 0) is 6.42 Å². The molecular weight excluding hydrogens is 231 g/mol. The van der Waals surface area contributed by atoms with Crippen molar-refractivity contribution in [3.63, 3.8) is 0 Å². The van der Waals surface area contributed by atoms with Crippen molar-refractivity contribution < 1.29 is 10.0 Å². The van der Waals surface area contributed by atoms with E-state index in [-0.39, 0.29) is 0 Å². The van der Waals surface area contributed by atoms with Gasteiger partial charge in [0.05, 0.1) is 0 Å². The Morgan fingerprint density at radius 3 is 2.31 bits per heavy atom. The topological polar surface area (TPSA) is 40.5 Å². The first-order valence-electron chi connectivity index (χ1n) is 4.29. The molecule has 0 atom stereocenters. The summed E-state index contributed by atoms with van der Waals surface area (Å²) in [5, 5.41) is 17.2. The molecule has 0 saturated carbocycles. The lowest BCUT2D eigenvalue weighted by molar-refractivity contribution is 0.403. The molecule has 70 valence electrons. The van der Waals surface area contributed by atoms with Gasteiger partial charge < -0.3 is 10.0 Å². The summed E-state index contributed by atoms with van der Waals surface area (Å²) in [6, 6.07) is 8.05. The highest BCUT2D eigenvalue weighted by Crippen LogP contribution is 2.12. The molecule has 2 nitrogen and oxygen atoms in total. The lowest BCUT2D eigenvalue weighted by Gasteiger charge is -2.00. The highest BCUT2D eigenvalue weighted by molar-refractivity contribution is 9.10. The molecule has 0 bridgehead atoms. The first-order valence-corrected chi connectivity index (χ1v) is 5.08. The second-order valence-electron chi connectivity index (χ2n) is 3.00. The molecule has 0 aliphatic heterocycles. The van der Waals surface area contributed by atoms with Crippen LogP contribution in [0.3, 0.4) is 0 Å². The molecule has 0 aliphatic rings. The molecular formula is C9H12BBrO2. The maximum atomic E-state index is 8.62. The first-order chi connectivity index (χ1) is 6.18. The standard InChI is InChI=1S/C9H12BBrO2/c11-9-5-3-8(4-6-9)2-1-7-10(12)13/h3-6,12-13H,1-2,7H2. The summed E-state index contributed by atoms with van der Waals surface area (Å²) in [5.74, 6) is 0. The van der Waals surface area contributed by atoms with Crippen molar-refractivity contribution in [1.29, 1.82) is 0 Å². The summed E-state index contributed by atoms with van der Waals surface area (Å²) in [7, 11) is -1.17. The van der Waals surface area contributed by atoms with Gasteiger partial charge in [-0.25, -0.2) is 0 Å². The SMILES string of the molecule is OB(O)CCCc1ccc(Br)cc1. The van der Waals surface area contributed by atoms with Crippen molar-refractivity contribution in [2.24, 2.45) is 0 Å². The van der Waals surface area contributed by atoms with Crippen molar-refractivity contribution >= 4 is 23.0 Å². The highest BCUT2D eigenvalue weighted by Gasteiger charge is 2.05. The Hall–Kier alpha value is -0.315. The van der Waals surface area contributed by atoms with E-state index in [0.29, 0.717) is 6.32 Å². The first kappa shape index (κ1) is 10.8. The van der Waals surface area contributed by atoms with Crippen molar-refractivity contribution in [3.05, 3.63) is 34.3 Å². The third kappa shape index (κ3) is 4.46. The van der Waals surface area contributed by atoms with Gasteiger partial charge in [0.1, 0.15) is 0 Å². The Morgan fingerprint density at radius 1 is 1.15 bits per heavy atom. The number of rotatable bonds is 4. The maximum Gasteiger partial charge on any atom is 0.451 e. The lowest BCUT2D eigenvalue weighted by Crippen LogP contribution is -2.09. The molecule has 1 rings (SSSR count). The van der Waals surface area contributed by atoms with Crippen LogP contribution in [-0.4, -0.2) is 17.2 Å². The van der Waals surface area contributed by atoms with Crippen molar-refractivity contribution in [3.8, 4) is 0 Å². The number of aryl methyl sites for hydroxylation is 1. The Kier molecular flexibility index (Phi) is 4.49.